The summed E-state index contributed by atoms with van der Waals surface area (Å²) in [4.78, 5) is 35.5. The number of hydrogen-bond donors (Lipinski definition) is 2. The molecule has 0 saturated heterocycles. The summed E-state index contributed by atoms with van der Waals surface area (Å²) in [6.07, 6.45) is 1.64. The summed E-state index contributed by atoms with van der Waals surface area (Å²) < 4.78 is 6.70. The zero-order chi connectivity index (χ0) is 25.1. The minimum Gasteiger partial charge on any atom is -0.497 e. The topological polar surface area (TPSA) is 112 Å². The van der Waals surface area contributed by atoms with Crippen molar-refractivity contribution in [3.8, 4) is 28.3 Å². The third-order valence-corrected chi connectivity index (χ3v) is 5.63. The lowest BCUT2D eigenvalue weighted by molar-refractivity contribution is -0.122. The number of halogens is 1. The summed E-state index contributed by atoms with van der Waals surface area (Å²) in [5.74, 6) is 0.641. The summed E-state index contributed by atoms with van der Waals surface area (Å²) in [5.41, 5.74) is 8.67. The number of carbonyl (C=O) groups is 1. The largest absolute Gasteiger partial charge is 0.497 e. The number of carbonyl (C=O) groups excluding carboxylic acids is 1. The molecule has 0 saturated carbocycles. The molecule has 4 aromatic rings. The van der Waals surface area contributed by atoms with Gasteiger partial charge in [0.2, 0.25) is 5.91 Å². The van der Waals surface area contributed by atoms with E-state index >= 15 is 0 Å². The van der Waals surface area contributed by atoms with E-state index in [-0.39, 0.29) is 29.7 Å². The molecule has 4 rings (SSSR count). The Morgan fingerprint density at radius 1 is 1.14 bits per heavy atom. The van der Waals surface area contributed by atoms with Crippen LogP contribution < -0.4 is 21.3 Å². The number of nitrogens with one attached hydrogen (secondary N) is 1. The average molecular weight is 492 g/mol. The maximum Gasteiger partial charge on any atom is 0.263 e. The van der Waals surface area contributed by atoms with Gasteiger partial charge in [-0.3, -0.25) is 14.2 Å². The maximum atomic E-state index is 13.7. The van der Waals surface area contributed by atoms with Gasteiger partial charge in [0.25, 0.3) is 5.56 Å². The number of nitrogens with zero attached hydrogens (tertiary/aromatic N) is 3. The minimum atomic E-state index is -0.373. The SMILES string of the molecule is COc1cccc(-c2nc3ncc(-c4cc(Cl)cc(CN)c4)cc3c(=O)n2CC(=O)NC(C)C)c1. The van der Waals surface area contributed by atoms with Crippen LogP contribution in [0.15, 0.2) is 59.5 Å². The van der Waals surface area contributed by atoms with Gasteiger partial charge in [-0.2, -0.15) is 0 Å². The van der Waals surface area contributed by atoms with Crippen molar-refractivity contribution in [2.75, 3.05) is 7.11 Å². The lowest BCUT2D eigenvalue weighted by atomic mass is 10.0. The van der Waals surface area contributed by atoms with E-state index in [2.05, 4.69) is 15.3 Å². The average Bonchev–Trinajstić information content (AvgIpc) is 2.84. The van der Waals surface area contributed by atoms with Crippen LogP contribution in [0.4, 0.5) is 0 Å². The predicted molar refractivity (Wildman–Crippen MR) is 137 cm³/mol. The maximum absolute atomic E-state index is 13.7. The van der Waals surface area contributed by atoms with Crippen molar-refractivity contribution in [3.63, 3.8) is 0 Å². The highest BCUT2D eigenvalue weighted by Gasteiger charge is 2.18. The van der Waals surface area contributed by atoms with Crippen LogP contribution in [0.25, 0.3) is 33.5 Å². The van der Waals surface area contributed by atoms with Gasteiger partial charge in [0.15, 0.2) is 5.65 Å². The lowest BCUT2D eigenvalue weighted by Gasteiger charge is -2.15. The minimum absolute atomic E-state index is 0.0697. The molecule has 35 heavy (non-hydrogen) atoms. The molecular formula is C26H26ClN5O3. The van der Waals surface area contributed by atoms with Crippen LogP contribution in [0.3, 0.4) is 0 Å². The van der Waals surface area contributed by atoms with Crippen LogP contribution in [0.2, 0.25) is 5.02 Å². The first-order chi connectivity index (χ1) is 16.8. The van der Waals surface area contributed by atoms with Gasteiger partial charge in [0, 0.05) is 34.9 Å². The standard InChI is InChI=1S/C26H26ClN5O3/c1-15(2)30-23(33)14-32-25(17-5-4-6-21(10-17)35-3)31-24-22(26(32)34)11-19(13-29-24)18-7-16(12-28)8-20(27)9-18/h4-11,13,15H,12,14,28H2,1-3H3,(H,30,33). The number of pyridine rings is 1. The van der Waals surface area contributed by atoms with Crippen molar-refractivity contribution < 1.29 is 9.53 Å². The number of nitrogens with two attached hydrogens (primary N) is 1. The van der Waals surface area contributed by atoms with Gasteiger partial charge in [-0.05, 0) is 61.4 Å². The number of ether oxygens (including phenoxy) is 1. The van der Waals surface area contributed by atoms with Crippen molar-refractivity contribution >= 4 is 28.5 Å². The fraction of sp³-hybridized carbons (Fsp3) is 0.231. The van der Waals surface area contributed by atoms with E-state index in [0.717, 1.165) is 11.1 Å². The normalized spacial score (nSPS) is 11.1. The number of amides is 1. The second-order valence-corrected chi connectivity index (χ2v) is 8.86. The highest BCUT2D eigenvalue weighted by molar-refractivity contribution is 6.31. The molecule has 0 spiro atoms. The number of rotatable bonds is 7. The molecule has 8 nitrogen and oxygen atoms in total. The van der Waals surface area contributed by atoms with E-state index in [1.807, 2.05) is 26.0 Å². The third kappa shape index (κ3) is 5.34. The molecular weight excluding hydrogens is 466 g/mol. The fourth-order valence-corrected chi connectivity index (χ4v) is 4.10. The summed E-state index contributed by atoms with van der Waals surface area (Å²) in [6, 6.07) is 14.3. The highest BCUT2D eigenvalue weighted by Crippen LogP contribution is 2.27. The molecule has 0 fully saturated rings. The smallest absolute Gasteiger partial charge is 0.263 e. The van der Waals surface area contributed by atoms with Crippen molar-refractivity contribution in [1.29, 1.82) is 0 Å². The van der Waals surface area contributed by atoms with Gasteiger partial charge in [0.05, 0.1) is 12.5 Å². The van der Waals surface area contributed by atoms with Crippen LogP contribution in [0, 0.1) is 0 Å². The highest BCUT2D eigenvalue weighted by atomic mass is 35.5. The van der Waals surface area contributed by atoms with Crippen LogP contribution >= 0.6 is 11.6 Å². The molecule has 0 aliphatic rings. The molecule has 2 aromatic carbocycles. The number of fused-ring (bicyclic) bond motifs is 1. The molecule has 0 atom stereocenters. The fourth-order valence-electron chi connectivity index (χ4n) is 3.84. The molecule has 3 N–H and O–H groups in total. The zero-order valence-corrected chi connectivity index (χ0v) is 20.5. The summed E-state index contributed by atoms with van der Waals surface area (Å²) in [5, 5.41) is 3.66. The lowest BCUT2D eigenvalue weighted by Crippen LogP contribution is -2.37. The summed E-state index contributed by atoms with van der Waals surface area (Å²) >= 11 is 6.26. The molecule has 2 heterocycles. The first-order valence-corrected chi connectivity index (χ1v) is 11.5. The Balaban J connectivity index is 1.92. The van der Waals surface area contributed by atoms with Gasteiger partial charge < -0.3 is 15.8 Å². The molecule has 180 valence electrons. The monoisotopic (exact) mass is 491 g/mol. The predicted octanol–water partition coefficient (Wildman–Crippen LogP) is 3.77. The first-order valence-electron chi connectivity index (χ1n) is 11.1. The zero-order valence-electron chi connectivity index (χ0n) is 19.7. The Morgan fingerprint density at radius 3 is 2.66 bits per heavy atom. The molecule has 0 bridgehead atoms. The molecule has 9 heteroatoms. The van der Waals surface area contributed by atoms with Crippen molar-refractivity contribution in [1.82, 2.24) is 19.9 Å². The van der Waals surface area contributed by atoms with E-state index in [1.54, 1.807) is 49.7 Å². The molecule has 0 aliphatic heterocycles. The van der Waals surface area contributed by atoms with Crippen molar-refractivity contribution in [2.24, 2.45) is 5.73 Å². The van der Waals surface area contributed by atoms with Gasteiger partial charge in [0.1, 0.15) is 18.1 Å². The number of aromatic nitrogens is 3. The van der Waals surface area contributed by atoms with E-state index in [0.29, 0.717) is 39.7 Å². The molecule has 2 aromatic heterocycles. The van der Waals surface area contributed by atoms with Crippen LogP contribution in [-0.2, 0) is 17.9 Å². The first kappa shape index (κ1) is 24.4. The second kappa shape index (κ2) is 10.2. The molecule has 1 amide bonds. The molecule has 0 radical (unpaired) electrons. The van der Waals surface area contributed by atoms with Gasteiger partial charge in [-0.1, -0.05) is 23.7 Å². The van der Waals surface area contributed by atoms with Crippen molar-refractivity contribution in [3.05, 3.63) is 75.7 Å². The quantitative estimate of drug-likeness (QED) is 0.407. The Kier molecular flexibility index (Phi) is 7.14. The second-order valence-electron chi connectivity index (χ2n) is 8.43. The molecule has 0 unspecified atom stereocenters. The Labute approximate surface area is 207 Å². The Hall–Kier alpha value is -3.75. The summed E-state index contributed by atoms with van der Waals surface area (Å²) in [7, 11) is 1.56. The van der Waals surface area contributed by atoms with Gasteiger partial charge in [-0.15, -0.1) is 0 Å². The Bertz CT molecular complexity index is 1470. The van der Waals surface area contributed by atoms with E-state index < -0.39 is 0 Å². The van der Waals surface area contributed by atoms with Gasteiger partial charge >= 0.3 is 0 Å². The third-order valence-electron chi connectivity index (χ3n) is 5.42. The number of methoxy groups -OCH3 is 1. The van der Waals surface area contributed by atoms with E-state index in [1.165, 1.54) is 4.57 Å². The Morgan fingerprint density at radius 2 is 1.94 bits per heavy atom. The molecule has 0 aliphatic carbocycles. The van der Waals surface area contributed by atoms with Gasteiger partial charge in [-0.25, -0.2) is 9.97 Å². The number of hydrogen-bond acceptors (Lipinski definition) is 6. The van der Waals surface area contributed by atoms with Crippen LogP contribution in [-0.4, -0.2) is 33.6 Å². The van der Waals surface area contributed by atoms with Crippen molar-refractivity contribution in [2.45, 2.75) is 33.0 Å². The van der Waals surface area contributed by atoms with E-state index in [4.69, 9.17) is 22.1 Å². The van der Waals surface area contributed by atoms with Crippen LogP contribution in [0.5, 0.6) is 5.75 Å². The van der Waals surface area contributed by atoms with Crippen LogP contribution in [0.1, 0.15) is 19.4 Å². The van der Waals surface area contributed by atoms with E-state index in [9.17, 15) is 9.59 Å². The number of benzene rings is 2. The summed E-state index contributed by atoms with van der Waals surface area (Å²) in [6.45, 7) is 3.86.